The third-order valence-corrected chi connectivity index (χ3v) is 4.87. The standard InChI is InChI=1S/C16H21N3O3/c1-16(14(20)21)7-8-19(10-16)15(22)18-13-6-5-12(9-17-13)11-3-2-4-11/h5-6,9,11H,2-4,7-8,10H2,1H3,(H,20,21)(H,17,18,22). The molecule has 6 heteroatoms. The quantitative estimate of drug-likeness (QED) is 0.899. The van der Waals surface area contributed by atoms with E-state index in [2.05, 4.69) is 10.3 Å². The van der Waals surface area contributed by atoms with Crippen molar-refractivity contribution < 1.29 is 14.7 Å². The Kier molecular flexibility index (Phi) is 3.76. The average Bonchev–Trinajstić information content (AvgIpc) is 2.83. The van der Waals surface area contributed by atoms with Crippen LogP contribution < -0.4 is 5.32 Å². The first-order valence-corrected chi connectivity index (χ1v) is 7.73. The maximum Gasteiger partial charge on any atom is 0.323 e. The van der Waals surface area contributed by atoms with Crippen LogP contribution in [0.3, 0.4) is 0 Å². The Morgan fingerprint density at radius 2 is 2.18 bits per heavy atom. The van der Waals surface area contributed by atoms with Crippen molar-refractivity contribution in [2.75, 3.05) is 18.4 Å². The normalized spacial score (nSPS) is 24.9. The van der Waals surface area contributed by atoms with Crippen LogP contribution in [0.25, 0.3) is 0 Å². The van der Waals surface area contributed by atoms with Gasteiger partial charge >= 0.3 is 12.0 Å². The Hall–Kier alpha value is -2.11. The van der Waals surface area contributed by atoms with Gasteiger partial charge in [-0.3, -0.25) is 10.1 Å². The molecule has 1 unspecified atom stereocenters. The predicted octanol–water partition coefficient (Wildman–Crippen LogP) is 2.68. The van der Waals surface area contributed by atoms with Crippen LogP contribution in [-0.2, 0) is 4.79 Å². The van der Waals surface area contributed by atoms with Crippen LogP contribution in [0.5, 0.6) is 0 Å². The van der Waals surface area contributed by atoms with Crippen molar-refractivity contribution in [1.82, 2.24) is 9.88 Å². The fraction of sp³-hybridized carbons (Fsp3) is 0.562. The zero-order chi connectivity index (χ0) is 15.7. The second kappa shape index (κ2) is 5.59. The van der Waals surface area contributed by atoms with E-state index in [1.807, 2.05) is 18.3 Å². The van der Waals surface area contributed by atoms with Crippen LogP contribution in [0.4, 0.5) is 10.6 Å². The summed E-state index contributed by atoms with van der Waals surface area (Å²) in [7, 11) is 0. The molecule has 1 aliphatic carbocycles. The second-order valence-electron chi connectivity index (χ2n) is 6.57. The number of aliphatic carboxylic acids is 1. The number of amides is 2. The topological polar surface area (TPSA) is 82.5 Å². The SMILES string of the molecule is CC1(C(=O)O)CCN(C(=O)Nc2ccc(C3CCC3)cn2)C1. The lowest BCUT2D eigenvalue weighted by molar-refractivity contribution is -0.146. The van der Waals surface area contributed by atoms with Crippen LogP contribution >= 0.6 is 0 Å². The van der Waals surface area contributed by atoms with Gasteiger partial charge in [0.05, 0.1) is 5.41 Å². The fourth-order valence-corrected chi connectivity index (χ4v) is 2.96. The molecule has 118 valence electrons. The van der Waals surface area contributed by atoms with Gasteiger partial charge in [0.1, 0.15) is 5.82 Å². The summed E-state index contributed by atoms with van der Waals surface area (Å²) in [6, 6.07) is 3.55. The van der Waals surface area contributed by atoms with E-state index in [0.29, 0.717) is 24.7 Å². The molecule has 0 radical (unpaired) electrons. The number of nitrogens with one attached hydrogen (secondary N) is 1. The molecule has 1 atom stereocenters. The molecular formula is C16H21N3O3. The number of likely N-dealkylation sites (tertiary alicyclic amines) is 1. The van der Waals surface area contributed by atoms with E-state index in [1.54, 1.807) is 6.92 Å². The molecule has 2 heterocycles. The highest BCUT2D eigenvalue weighted by Gasteiger charge is 2.42. The van der Waals surface area contributed by atoms with Gasteiger partial charge in [0.2, 0.25) is 0 Å². The first-order valence-electron chi connectivity index (χ1n) is 7.73. The molecule has 2 amide bonds. The van der Waals surface area contributed by atoms with Crippen molar-refractivity contribution >= 4 is 17.8 Å². The highest BCUT2D eigenvalue weighted by atomic mass is 16.4. The van der Waals surface area contributed by atoms with Gasteiger partial charge in [-0.2, -0.15) is 0 Å². The maximum absolute atomic E-state index is 12.2. The van der Waals surface area contributed by atoms with Crippen LogP contribution in [0.1, 0.15) is 44.1 Å². The number of carbonyl (C=O) groups excluding carboxylic acids is 1. The van der Waals surface area contributed by atoms with Crippen molar-refractivity contribution in [1.29, 1.82) is 0 Å². The number of urea groups is 1. The number of hydrogen-bond donors (Lipinski definition) is 2. The number of hydrogen-bond acceptors (Lipinski definition) is 3. The van der Waals surface area contributed by atoms with Gasteiger partial charge in [-0.05, 0) is 43.7 Å². The molecule has 22 heavy (non-hydrogen) atoms. The second-order valence-corrected chi connectivity index (χ2v) is 6.57. The molecule has 0 aromatic carbocycles. The number of anilines is 1. The van der Waals surface area contributed by atoms with Crippen LogP contribution in [0.2, 0.25) is 0 Å². The van der Waals surface area contributed by atoms with E-state index < -0.39 is 11.4 Å². The molecule has 1 aromatic heterocycles. The third kappa shape index (κ3) is 2.77. The minimum Gasteiger partial charge on any atom is -0.481 e. The lowest BCUT2D eigenvalue weighted by Gasteiger charge is -2.25. The third-order valence-electron chi connectivity index (χ3n) is 4.87. The van der Waals surface area contributed by atoms with Crippen molar-refractivity contribution in [2.45, 2.75) is 38.5 Å². The minimum atomic E-state index is -0.856. The van der Waals surface area contributed by atoms with Crippen molar-refractivity contribution in [3.63, 3.8) is 0 Å². The first-order chi connectivity index (χ1) is 10.5. The van der Waals surface area contributed by atoms with Crippen molar-refractivity contribution in [3.8, 4) is 0 Å². The summed E-state index contributed by atoms with van der Waals surface area (Å²) in [5.41, 5.74) is 0.377. The zero-order valence-corrected chi connectivity index (χ0v) is 12.7. The summed E-state index contributed by atoms with van der Waals surface area (Å²) < 4.78 is 0. The summed E-state index contributed by atoms with van der Waals surface area (Å²) in [5, 5.41) is 11.9. The summed E-state index contributed by atoms with van der Waals surface area (Å²) >= 11 is 0. The molecule has 1 saturated heterocycles. The smallest absolute Gasteiger partial charge is 0.323 e. The molecule has 1 aromatic rings. The van der Waals surface area contributed by atoms with E-state index in [-0.39, 0.29) is 12.6 Å². The van der Waals surface area contributed by atoms with E-state index in [9.17, 15) is 14.7 Å². The average molecular weight is 303 g/mol. The van der Waals surface area contributed by atoms with Gasteiger partial charge in [0, 0.05) is 19.3 Å². The molecule has 0 spiro atoms. The van der Waals surface area contributed by atoms with Gasteiger partial charge in [0.15, 0.2) is 0 Å². The van der Waals surface area contributed by atoms with Crippen molar-refractivity contribution in [3.05, 3.63) is 23.9 Å². The summed E-state index contributed by atoms with van der Waals surface area (Å²) in [4.78, 5) is 29.2. The Morgan fingerprint density at radius 3 is 2.68 bits per heavy atom. The van der Waals surface area contributed by atoms with Gasteiger partial charge in [-0.25, -0.2) is 9.78 Å². The first kappa shape index (κ1) is 14.8. The minimum absolute atomic E-state index is 0.230. The van der Waals surface area contributed by atoms with Gasteiger partial charge in [-0.1, -0.05) is 12.5 Å². The Bertz CT molecular complexity index is 583. The lowest BCUT2D eigenvalue weighted by atomic mass is 9.81. The van der Waals surface area contributed by atoms with Crippen LogP contribution in [0, 0.1) is 5.41 Å². The van der Waals surface area contributed by atoms with Gasteiger partial charge in [-0.15, -0.1) is 0 Å². The Balaban J connectivity index is 1.59. The molecule has 6 nitrogen and oxygen atoms in total. The van der Waals surface area contributed by atoms with E-state index in [4.69, 9.17) is 0 Å². The predicted molar refractivity (Wildman–Crippen MR) is 81.8 cm³/mol. The van der Waals surface area contributed by atoms with E-state index >= 15 is 0 Å². The van der Waals surface area contributed by atoms with Gasteiger partial charge < -0.3 is 10.0 Å². The Morgan fingerprint density at radius 1 is 1.41 bits per heavy atom. The van der Waals surface area contributed by atoms with E-state index in [1.165, 1.54) is 29.7 Å². The number of aromatic nitrogens is 1. The maximum atomic E-state index is 12.2. The summed E-state index contributed by atoms with van der Waals surface area (Å²) in [6.07, 6.45) is 6.01. The number of pyridine rings is 1. The highest BCUT2D eigenvalue weighted by Crippen LogP contribution is 2.36. The largest absolute Gasteiger partial charge is 0.481 e. The number of nitrogens with zero attached hydrogens (tertiary/aromatic N) is 2. The molecular weight excluding hydrogens is 282 g/mol. The van der Waals surface area contributed by atoms with E-state index in [0.717, 1.165) is 0 Å². The van der Waals surface area contributed by atoms with Crippen LogP contribution in [0.15, 0.2) is 18.3 Å². The zero-order valence-electron chi connectivity index (χ0n) is 12.7. The molecule has 0 bridgehead atoms. The number of carbonyl (C=O) groups is 2. The van der Waals surface area contributed by atoms with Crippen molar-refractivity contribution in [2.24, 2.45) is 5.41 Å². The van der Waals surface area contributed by atoms with Crippen LogP contribution in [-0.4, -0.2) is 40.1 Å². The molecule has 1 aliphatic heterocycles. The fourth-order valence-electron chi connectivity index (χ4n) is 2.96. The molecule has 2 N–H and O–H groups in total. The molecule has 2 aliphatic rings. The molecule has 3 rings (SSSR count). The Labute approximate surface area is 129 Å². The summed E-state index contributed by atoms with van der Waals surface area (Å²) in [6.45, 7) is 2.36. The number of carboxylic acids is 1. The molecule has 1 saturated carbocycles. The number of rotatable bonds is 3. The highest BCUT2D eigenvalue weighted by molar-refractivity contribution is 5.89. The number of carboxylic acid groups (broad SMARTS) is 1. The lowest BCUT2D eigenvalue weighted by Crippen LogP contribution is -2.37. The van der Waals surface area contributed by atoms with Gasteiger partial charge in [0.25, 0.3) is 0 Å². The monoisotopic (exact) mass is 303 g/mol. The molecule has 2 fully saturated rings. The summed E-state index contributed by atoms with van der Waals surface area (Å²) in [5.74, 6) is 0.273.